The smallest absolute Gasteiger partial charge is 0.698 e. The van der Waals surface area contributed by atoms with Gasteiger partial charge in [-0.2, -0.15) is 0 Å². The monoisotopic (exact) mass is 514 g/mol. The Labute approximate surface area is 260 Å². The van der Waals surface area contributed by atoms with Crippen molar-refractivity contribution in [2.45, 2.75) is 107 Å². The predicted molar refractivity (Wildman–Crippen MR) is 162 cm³/mol. The molecule has 208 valence electrons. The molecule has 2 aromatic carbocycles. The molecule has 2 aromatic rings. The molecule has 4 nitrogen and oxygen atoms in total. The molecule has 0 saturated carbocycles. The van der Waals surface area contributed by atoms with E-state index in [-0.39, 0.29) is 37.7 Å². The van der Waals surface area contributed by atoms with Gasteiger partial charge >= 0.3 is 37.7 Å². The summed E-state index contributed by atoms with van der Waals surface area (Å²) >= 11 is 0. The Balaban J connectivity index is -0.000000218. The van der Waals surface area contributed by atoms with Gasteiger partial charge in [0, 0.05) is 26.4 Å². The maximum atomic E-state index is 8.01. The first-order chi connectivity index (χ1) is 16.9. The van der Waals surface area contributed by atoms with E-state index in [1.165, 1.54) is 0 Å². The van der Waals surface area contributed by atoms with E-state index in [2.05, 4.69) is 91.8 Å². The van der Waals surface area contributed by atoms with E-state index in [4.69, 9.17) is 20.9 Å². The molecule has 0 radical (unpaired) electrons. The third-order valence-electron chi connectivity index (χ3n) is 5.56. The van der Waals surface area contributed by atoms with E-state index in [0.29, 0.717) is 23.7 Å². The summed E-state index contributed by atoms with van der Waals surface area (Å²) in [6.07, 6.45) is 0. The zero-order valence-corrected chi connectivity index (χ0v) is 27.4. The Kier molecular flexibility index (Phi) is 30.7. The minimum Gasteiger partial charge on any atom is -0.698 e. The van der Waals surface area contributed by atoms with Gasteiger partial charge in [0.15, 0.2) is 0 Å². The van der Waals surface area contributed by atoms with Crippen LogP contribution < -0.4 is 37.7 Å². The van der Waals surface area contributed by atoms with Crippen molar-refractivity contribution in [1.82, 2.24) is 0 Å². The van der Waals surface area contributed by atoms with Crippen molar-refractivity contribution in [3.05, 3.63) is 70.1 Å². The summed E-state index contributed by atoms with van der Waals surface area (Å²) in [5.41, 5.74) is 22.1. The van der Waals surface area contributed by atoms with Crippen molar-refractivity contribution >= 4 is 11.4 Å². The second-order valence-electron chi connectivity index (χ2n) is 9.80. The van der Waals surface area contributed by atoms with Gasteiger partial charge in [-0.25, -0.2) is 0 Å². The molecule has 0 bridgehead atoms. The molecule has 0 atom stereocenters. The van der Waals surface area contributed by atoms with Crippen LogP contribution in [-0.4, -0.2) is 26.4 Å². The fourth-order valence-corrected chi connectivity index (χ4v) is 3.51. The van der Waals surface area contributed by atoms with Gasteiger partial charge < -0.3 is 20.9 Å². The molecule has 2 N–H and O–H groups in total. The Bertz CT molecular complexity index is 686. The van der Waals surface area contributed by atoms with Crippen molar-refractivity contribution in [3.63, 3.8) is 0 Å². The molecule has 0 aromatic heterocycles. The van der Waals surface area contributed by atoms with Gasteiger partial charge in [-0.1, -0.05) is 114 Å². The molecular weight excluding hydrogens is 458 g/mol. The first kappa shape index (κ1) is 44.2. The van der Waals surface area contributed by atoms with Crippen molar-refractivity contribution in [3.8, 4) is 0 Å². The molecule has 0 aliphatic carbocycles. The summed E-state index contributed by atoms with van der Waals surface area (Å²) in [6, 6.07) is 12.3. The average molecular weight is 515 g/mol. The Morgan fingerprint density at radius 2 is 0.658 bits per heavy atom. The van der Waals surface area contributed by atoms with Crippen LogP contribution >= 0.6 is 0 Å². The second-order valence-corrected chi connectivity index (χ2v) is 9.80. The normalized spacial score (nSPS) is 9.89. The van der Waals surface area contributed by atoms with Gasteiger partial charge in [-0.3, -0.25) is 0 Å². The quantitative estimate of drug-likeness (QED) is 0.447. The maximum absolute atomic E-state index is 8.01. The molecule has 0 heterocycles. The fraction of sp³-hybridized carbons (Fsp3) is 0.625. The van der Waals surface area contributed by atoms with Gasteiger partial charge in [-0.15, -0.1) is 11.4 Å². The van der Waals surface area contributed by atoms with Crippen LogP contribution in [0, 0.1) is 0 Å². The van der Waals surface area contributed by atoms with Crippen LogP contribution in [0.1, 0.15) is 129 Å². The van der Waals surface area contributed by atoms with Gasteiger partial charge in [0.25, 0.3) is 0 Å². The van der Waals surface area contributed by atoms with Crippen molar-refractivity contribution in [2.24, 2.45) is 0 Å². The van der Waals surface area contributed by atoms with E-state index in [1.807, 2.05) is 27.7 Å². The molecule has 6 heteroatoms. The molecule has 0 amide bonds. The summed E-state index contributed by atoms with van der Waals surface area (Å²) in [6.45, 7) is 28.4. The van der Waals surface area contributed by atoms with Crippen LogP contribution in [0.15, 0.2) is 36.4 Å². The van der Waals surface area contributed by atoms with Gasteiger partial charge in [0.05, 0.1) is 0 Å². The third kappa shape index (κ3) is 18.4. The van der Waals surface area contributed by atoms with Crippen molar-refractivity contribution in [1.29, 1.82) is 0 Å². The summed E-state index contributed by atoms with van der Waals surface area (Å²) < 4.78 is 9.67. The standard InChI is InChI=1S/2C12H18N.2C4H10O.2Li/c2*1-8(2)10-6-5-7-11(9(3)4)12(10)13;2*1-3-5-4-2;;/h2*5-9,13H,1-4H3;2*3-4H2,1-2H3;;/q2*-1;;;2*+1. The largest absolute Gasteiger partial charge is 1.00 e. The van der Waals surface area contributed by atoms with E-state index >= 15 is 0 Å². The van der Waals surface area contributed by atoms with Crippen LogP contribution in [0.3, 0.4) is 0 Å². The molecule has 0 saturated heterocycles. The fourth-order valence-electron chi connectivity index (χ4n) is 3.51. The maximum Gasteiger partial charge on any atom is 1.00 e. The molecule has 0 spiro atoms. The topological polar surface area (TPSA) is 66.1 Å². The Morgan fingerprint density at radius 1 is 0.474 bits per heavy atom. The number of hydrogen-bond donors (Lipinski definition) is 0. The van der Waals surface area contributed by atoms with Crippen molar-refractivity contribution < 1.29 is 47.2 Å². The van der Waals surface area contributed by atoms with Gasteiger partial charge in [0.2, 0.25) is 0 Å². The predicted octanol–water partition coefficient (Wildman–Crippen LogP) is 5.33. The first-order valence-corrected chi connectivity index (χ1v) is 13.7. The van der Waals surface area contributed by atoms with E-state index in [1.54, 1.807) is 0 Å². The second kappa shape index (κ2) is 26.4. The van der Waals surface area contributed by atoms with E-state index in [9.17, 15) is 0 Å². The van der Waals surface area contributed by atoms with Crippen LogP contribution in [0.2, 0.25) is 0 Å². The molecular formula is C32H56Li2N2O2. The molecule has 0 aliphatic rings. The Morgan fingerprint density at radius 3 is 0.763 bits per heavy atom. The first-order valence-electron chi connectivity index (χ1n) is 13.7. The minimum atomic E-state index is 0. The summed E-state index contributed by atoms with van der Waals surface area (Å²) in [7, 11) is 0. The molecule has 2 rings (SSSR count). The summed E-state index contributed by atoms with van der Waals surface area (Å²) in [5, 5.41) is 0. The summed E-state index contributed by atoms with van der Waals surface area (Å²) in [4.78, 5) is 0. The van der Waals surface area contributed by atoms with E-state index < -0.39 is 0 Å². The van der Waals surface area contributed by atoms with Crippen LogP contribution in [0.5, 0.6) is 0 Å². The molecule has 38 heavy (non-hydrogen) atoms. The zero-order chi connectivity index (χ0) is 28.3. The SMILES string of the molecule is CC(C)c1cccc(C(C)C)c1[NH-].CC(C)c1cccc(C(C)C)c1[NH-].CCOCC.CCOCC.[Li+].[Li+]. The van der Waals surface area contributed by atoms with Crippen LogP contribution in [-0.2, 0) is 9.47 Å². The molecule has 0 unspecified atom stereocenters. The average Bonchev–Trinajstić information content (AvgIpc) is 2.81. The number of nitrogens with one attached hydrogen (secondary N) is 2. The number of ether oxygens (including phenoxy) is 2. The molecule has 0 fully saturated rings. The zero-order valence-electron chi connectivity index (χ0n) is 27.4. The Hall–Kier alpha value is -0.845. The number of benzene rings is 2. The number of rotatable bonds is 8. The van der Waals surface area contributed by atoms with Gasteiger partial charge in [-0.05, 0) is 51.4 Å². The molecule has 0 aliphatic heterocycles. The van der Waals surface area contributed by atoms with Crippen LogP contribution in [0.4, 0.5) is 11.4 Å². The van der Waals surface area contributed by atoms with Crippen molar-refractivity contribution in [2.75, 3.05) is 26.4 Å². The van der Waals surface area contributed by atoms with Gasteiger partial charge in [0.1, 0.15) is 0 Å². The van der Waals surface area contributed by atoms with Crippen LogP contribution in [0.25, 0.3) is 11.5 Å². The summed E-state index contributed by atoms with van der Waals surface area (Å²) in [5.74, 6) is 1.80. The minimum absolute atomic E-state index is 0. The third-order valence-corrected chi connectivity index (χ3v) is 5.56. The van der Waals surface area contributed by atoms with E-state index in [0.717, 1.165) is 60.1 Å². The number of hydrogen-bond acceptors (Lipinski definition) is 2.